The first-order valence-electron chi connectivity index (χ1n) is 7.99. The van der Waals surface area contributed by atoms with E-state index in [0.717, 1.165) is 17.7 Å². The number of hydrogen-bond acceptors (Lipinski definition) is 3. The maximum atomic E-state index is 13.7. The van der Waals surface area contributed by atoms with Crippen molar-refractivity contribution in [2.24, 2.45) is 5.92 Å². The Kier molecular flexibility index (Phi) is 4.10. The van der Waals surface area contributed by atoms with Crippen molar-refractivity contribution in [1.82, 2.24) is 10.2 Å². The number of hydrogen-bond donors (Lipinski definition) is 2. The molecule has 1 atom stereocenters. The first-order chi connectivity index (χ1) is 10.9. The molecule has 0 radical (unpaired) electrons. The molecule has 6 heteroatoms. The van der Waals surface area contributed by atoms with E-state index in [1.54, 1.807) is 6.07 Å². The average molecular weight is 320 g/mol. The van der Waals surface area contributed by atoms with Crippen LogP contribution < -0.4 is 5.32 Å². The number of amides is 3. The van der Waals surface area contributed by atoms with Crippen LogP contribution in [0.25, 0.3) is 0 Å². The van der Waals surface area contributed by atoms with Gasteiger partial charge in [-0.1, -0.05) is 25.1 Å². The number of aliphatic hydroxyl groups excluding tert-OH is 1. The standard InChI is InChI=1S/C17H21FN2O3/c1-11-6-8-17(9-7-11)15(22)20(16(23)19-17)10-14(21)12-4-2-3-5-13(12)18/h2-5,11,14,21H,6-10H2,1H3,(H,19,23)/t11?,14-,17?/m1/s1. The van der Waals surface area contributed by atoms with Crippen molar-refractivity contribution < 1.29 is 19.1 Å². The van der Waals surface area contributed by atoms with Crippen LogP contribution in [0.2, 0.25) is 0 Å². The number of imide groups is 1. The molecule has 1 spiro atoms. The minimum absolute atomic E-state index is 0.0892. The molecule has 0 aromatic heterocycles. The highest BCUT2D eigenvalue weighted by atomic mass is 19.1. The fourth-order valence-corrected chi connectivity index (χ4v) is 3.45. The molecular weight excluding hydrogens is 299 g/mol. The minimum atomic E-state index is -1.23. The third-order valence-electron chi connectivity index (χ3n) is 4.99. The Hall–Kier alpha value is -1.95. The molecule has 5 nitrogen and oxygen atoms in total. The summed E-state index contributed by atoms with van der Waals surface area (Å²) in [6.07, 6.45) is 1.77. The average Bonchev–Trinajstić information content (AvgIpc) is 2.75. The van der Waals surface area contributed by atoms with Crippen LogP contribution >= 0.6 is 0 Å². The molecular formula is C17H21FN2O3. The van der Waals surface area contributed by atoms with E-state index in [1.807, 2.05) is 0 Å². The Labute approximate surface area is 134 Å². The maximum Gasteiger partial charge on any atom is 0.325 e. The molecule has 2 fully saturated rings. The highest BCUT2D eigenvalue weighted by molar-refractivity contribution is 6.07. The van der Waals surface area contributed by atoms with Crippen LogP contribution in [-0.2, 0) is 4.79 Å². The summed E-state index contributed by atoms with van der Waals surface area (Å²) < 4.78 is 13.7. The number of β-amino-alcohol motifs (C(OH)–C–C–N with tert-alkyl or cyclic N) is 1. The van der Waals surface area contributed by atoms with Gasteiger partial charge in [-0.05, 0) is 37.7 Å². The number of rotatable bonds is 3. The number of nitrogens with zero attached hydrogens (tertiary/aromatic N) is 1. The number of urea groups is 1. The summed E-state index contributed by atoms with van der Waals surface area (Å²) >= 11 is 0. The van der Waals surface area contributed by atoms with Crippen molar-refractivity contribution in [2.45, 2.75) is 44.2 Å². The van der Waals surface area contributed by atoms with Gasteiger partial charge in [0.2, 0.25) is 0 Å². The van der Waals surface area contributed by atoms with Crippen LogP contribution in [0.1, 0.15) is 44.3 Å². The summed E-state index contributed by atoms with van der Waals surface area (Å²) in [6, 6.07) is 5.33. The van der Waals surface area contributed by atoms with Crippen molar-refractivity contribution in [3.8, 4) is 0 Å². The zero-order valence-corrected chi connectivity index (χ0v) is 13.1. The third-order valence-corrected chi connectivity index (χ3v) is 4.99. The molecule has 1 aromatic rings. The topological polar surface area (TPSA) is 69.6 Å². The second-order valence-corrected chi connectivity index (χ2v) is 6.65. The van der Waals surface area contributed by atoms with Gasteiger partial charge >= 0.3 is 6.03 Å². The molecule has 1 aromatic carbocycles. The highest BCUT2D eigenvalue weighted by Gasteiger charge is 2.52. The van der Waals surface area contributed by atoms with Crippen molar-refractivity contribution in [2.75, 3.05) is 6.54 Å². The summed E-state index contributed by atoms with van der Waals surface area (Å²) in [7, 11) is 0. The number of benzene rings is 1. The summed E-state index contributed by atoms with van der Waals surface area (Å²) in [6.45, 7) is 1.90. The summed E-state index contributed by atoms with van der Waals surface area (Å²) in [5, 5.41) is 13.0. The molecule has 23 heavy (non-hydrogen) atoms. The lowest BCUT2D eigenvalue weighted by Gasteiger charge is -2.33. The molecule has 124 valence electrons. The largest absolute Gasteiger partial charge is 0.386 e. The Morgan fingerprint density at radius 1 is 1.35 bits per heavy atom. The van der Waals surface area contributed by atoms with Crippen molar-refractivity contribution in [3.63, 3.8) is 0 Å². The van der Waals surface area contributed by atoms with Crippen LogP contribution in [0.3, 0.4) is 0 Å². The summed E-state index contributed by atoms with van der Waals surface area (Å²) in [4.78, 5) is 25.9. The highest BCUT2D eigenvalue weighted by Crippen LogP contribution is 2.36. The molecule has 0 bridgehead atoms. The predicted molar refractivity (Wildman–Crippen MR) is 82.0 cm³/mol. The molecule has 1 saturated heterocycles. The summed E-state index contributed by atoms with van der Waals surface area (Å²) in [5.41, 5.74) is -0.746. The monoisotopic (exact) mass is 320 g/mol. The number of carbonyl (C=O) groups is 2. The Balaban J connectivity index is 1.75. The SMILES string of the molecule is CC1CCC2(CC1)NC(=O)N(C[C@@H](O)c1ccccc1F)C2=O. The van der Waals surface area contributed by atoms with Gasteiger partial charge in [0, 0.05) is 5.56 Å². The number of nitrogens with one attached hydrogen (secondary N) is 1. The van der Waals surface area contributed by atoms with Gasteiger partial charge in [-0.2, -0.15) is 0 Å². The normalized spacial score (nSPS) is 29.0. The molecule has 3 amide bonds. The van der Waals surface area contributed by atoms with E-state index in [9.17, 15) is 19.1 Å². The van der Waals surface area contributed by atoms with E-state index < -0.39 is 23.5 Å². The fraction of sp³-hybridized carbons (Fsp3) is 0.529. The smallest absolute Gasteiger partial charge is 0.325 e. The maximum absolute atomic E-state index is 13.7. The number of carbonyl (C=O) groups excluding carboxylic acids is 2. The molecule has 1 aliphatic carbocycles. The molecule has 1 heterocycles. The van der Waals surface area contributed by atoms with E-state index in [0.29, 0.717) is 18.8 Å². The van der Waals surface area contributed by atoms with E-state index in [-0.39, 0.29) is 18.0 Å². The number of aliphatic hydroxyl groups is 1. The first kappa shape index (κ1) is 15.9. The Morgan fingerprint density at radius 2 is 2.00 bits per heavy atom. The Bertz CT molecular complexity index is 626. The zero-order chi connectivity index (χ0) is 16.6. The van der Waals surface area contributed by atoms with Crippen molar-refractivity contribution in [1.29, 1.82) is 0 Å². The van der Waals surface area contributed by atoms with Gasteiger partial charge < -0.3 is 10.4 Å². The van der Waals surface area contributed by atoms with Crippen LogP contribution in [0, 0.1) is 11.7 Å². The van der Waals surface area contributed by atoms with Crippen LogP contribution in [-0.4, -0.2) is 34.0 Å². The van der Waals surface area contributed by atoms with Gasteiger partial charge in [-0.3, -0.25) is 9.69 Å². The minimum Gasteiger partial charge on any atom is -0.386 e. The van der Waals surface area contributed by atoms with Gasteiger partial charge in [0.25, 0.3) is 5.91 Å². The van der Waals surface area contributed by atoms with Crippen LogP contribution in [0.15, 0.2) is 24.3 Å². The van der Waals surface area contributed by atoms with Crippen molar-refractivity contribution >= 4 is 11.9 Å². The van der Waals surface area contributed by atoms with E-state index in [4.69, 9.17) is 0 Å². The Morgan fingerprint density at radius 3 is 2.65 bits per heavy atom. The second-order valence-electron chi connectivity index (χ2n) is 6.65. The molecule has 1 saturated carbocycles. The lowest BCUT2D eigenvalue weighted by molar-refractivity contribution is -0.133. The summed E-state index contributed by atoms with van der Waals surface area (Å²) in [5.74, 6) is -0.304. The predicted octanol–water partition coefficient (Wildman–Crippen LogP) is 2.36. The van der Waals surface area contributed by atoms with Gasteiger partial charge in [0.1, 0.15) is 11.4 Å². The van der Waals surface area contributed by atoms with E-state index >= 15 is 0 Å². The van der Waals surface area contributed by atoms with E-state index in [2.05, 4.69) is 12.2 Å². The molecule has 2 aliphatic rings. The van der Waals surface area contributed by atoms with Gasteiger partial charge in [0.05, 0.1) is 12.6 Å². The lowest BCUT2D eigenvalue weighted by atomic mass is 9.77. The first-order valence-corrected chi connectivity index (χ1v) is 7.99. The van der Waals surface area contributed by atoms with Crippen LogP contribution in [0.5, 0.6) is 0 Å². The van der Waals surface area contributed by atoms with Gasteiger partial charge in [-0.25, -0.2) is 9.18 Å². The lowest BCUT2D eigenvalue weighted by Crippen LogP contribution is -2.49. The van der Waals surface area contributed by atoms with E-state index in [1.165, 1.54) is 18.2 Å². The number of halogens is 1. The molecule has 1 aliphatic heterocycles. The molecule has 0 unspecified atom stereocenters. The fourth-order valence-electron chi connectivity index (χ4n) is 3.45. The quantitative estimate of drug-likeness (QED) is 0.840. The van der Waals surface area contributed by atoms with Gasteiger partial charge in [-0.15, -0.1) is 0 Å². The molecule has 3 rings (SSSR count). The molecule has 2 N–H and O–H groups in total. The third kappa shape index (κ3) is 2.83. The second kappa shape index (κ2) is 5.92. The van der Waals surface area contributed by atoms with Crippen molar-refractivity contribution in [3.05, 3.63) is 35.6 Å². The van der Waals surface area contributed by atoms with Gasteiger partial charge in [0.15, 0.2) is 0 Å². The van der Waals surface area contributed by atoms with Crippen LogP contribution in [0.4, 0.5) is 9.18 Å². The zero-order valence-electron chi connectivity index (χ0n) is 13.1.